The van der Waals surface area contributed by atoms with Crippen molar-refractivity contribution in [1.82, 2.24) is 0 Å². The van der Waals surface area contributed by atoms with Crippen molar-refractivity contribution in [2.24, 2.45) is 10.8 Å². The molecular weight excluding hydrogens is 268 g/mol. The minimum atomic E-state index is -0.691. The van der Waals surface area contributed by atoms with E-state index in [1.165, 1.54) is 0 Å². The molecule has 0 amide bonds. The van der Waals surface area contributed by atoms with Crippen LogP contribution >= 0.6 is 0 Å². The maximum absolute atomic E-state index is 12.2. The summed E-state index contributed by atoms with van der Waals surface area (Å²) in [6, 6.07) is 0. The standard InChI is InChI=1S/C17H32O4/c1-7-10-12-21-14(18)16(4,5)13-17(6,9-3)15(19)20-11-8-2/h7-13H2,1-6H3. The average molecular weight is 300 g/mol. The summed E-state index contributed by atoms with van der Waals surface area (Å²) >= 11 is 0. The summed E-state index contributed by atoms with van der Waals surface area (Å²) in [6.45, 7) is 12.4. The second-order valence-electron chi connectivity index (χ2n) is 6.60. The van der Waals surface area contributed by atoms with Gasteiger partial charge in [-0.3, -0.25) is 9.59 Å². The van der Waals surface area contributed by atoms with E-state index in [1.807, 2.05) is 34.6 Å². The van der Waals surface area contributed by atoms with Gasteiger partial charge in [-0.25, -0.2) is 0 Å². The maximum Gasteiger partial charge on any atom is 0.311 e. The Kier molecular flexibility index (Phi) is 8.60. The van der Waals surface area contributed by atoms with E-state index in [0.29, 0.717) is 26.1 Å². The number of esters is 2. The first-order valence-corrected chi connectivity index (χ1v) is 8.08. The van der Waals surface area contributed by atoms with E-state index in [9.17, 15) is 9.59 Å². The monoisotopic (exact) mass is 300 g/mol. The SMILES string of the molecule is CCCCOC(=O)C(C)(C)CC(C)(CC)C(=O)OCCC. The van der Waals surface area contributed by atoms with E-state index in [-0.39, 0.29) is 11.9 Å². The quantitative estimate of drug-likeness (QED) is 0.450. The van der Waals surface area contributed by atoms with Gasteiger partial charge in [0.2, 0.25) is 0 Å². The molecule has 0 fully saturated rings. The van der Waals surface area contributed by atoms with Crippen LogP contribution in [0.3, 0.4) is 0 Å². The number of hydrogen-bond donors (Lipinski definition) is 0. The van der Waals surface area contributed by atoms with Crippen LogP contribution in [0, 0.1) is 10.8 Å². The van der Waals surface area contributed by atoms with E-state index in [0.717, 1.165) is 19.3 Å². The van der Waals surface area contributed by atoms with Crippen LogP contribution in [-0.2, 0) is 19.1 Å². The third-order valence-corrected chi connectivity index (χ3v) is 3.83. The first-order chi connectivity index (χ1) is 9.73. The third kappa shape index (κ3) is 6.49. The van der Waals surface area contributed by atoms with Crippen LogP contribution in [0.2, 0.25) is 0 Å². The van der Waals surface area contributed by atoms with E-state index >= 15 is 0 Å². The molecule has 124 valence electrons. The lowest BCUT2D eigenvalue weighted by molar-refractivity contribution is -0.163. The van der Waals surface area contributed by atoms with Crippen LogP contribution in [0.5, 0.6) is 0 Å². The predicted octanol–water partition coefficient (Wildman–Crippen LogP) is 4.12. The van der Waals surface area contributed by atoms with Crippen molar-refractivity contribution >= 4 is 11.9 Å². The van der Waals surface area contributed by atoms with Gasteiger partial charge in [0.05, 0.1) is 24.0 Å². The van der Waals surface area contributed by atoms with Crippen LogP contribution in [0.25, 0.3) is 0 Å². The van der Waals surface area contributed by atoms with Gasteiger partial charge >= 0.3 is 11.9 Å². The summed E-state index contributed by atoms with van der Waals surface area (Å²) in [5.41, 5.74) is -1.34. The molecule has 0 radical (unpaired) electrons. The Labute approximate surface area is 129 Å². The molecule has 0 aliphatic rings. The van der Waals surface area contributed by atoms with Gasteiger partial charge in [0.1, 0.15) is 0 Å². The fourth-order valence-corrected chi connectivity index (χ4v) is 2.26. The van der Waals surface area contributed by atoms with E-state index in [4.69, 9.17) is 9.47 Å². The van der Waals surface area contributed by atoms with Crippen LogP contribution in [0.1, 0.15) is 73.6 Å². The molecule has 0 saturated heterocycles. The Bertz CT molecular complexity index is 336. The van der Waals surface area contributed by atoms with Crippen LogP contribution < -0.4 is 0 Å². The van der Waals surface area contributed by atoms with Gasteiger partial charge in [-0.2, -0.15) is 0 Å². The molecule has 0 aromatic heterocycles. The lowest BCUT2D eigenvalue weighted by Crippen LogP contribution is -2.38. The number of ether oxygens (including phenoxy) is 2. The Morgan fingerprint density at radius 1 is 0.857 bits per heavy atom. The van der Waals surface area contributed by atoms with Crippen molar-refractivity contribution in [3.05, 3.63) is 0 Å². The highest BCUT2D eigenvalue weighted by Gasteiger charge is 2.42. The lowest BCUT2D eigenvalue weighted by atomic mass is 9.72. The molecule has 0 bridgehead atoms. The van der Waals surface area contributed by atoms with Crippen LogP contribution in [-0.4, -0.2) is 25.2 Å². The zero-order chi connectivity index (χ0) is 16.5. The molecule has 0 spiro atoms. The second kappa shape index (κ2) is 9.06. The maximum atomic E-state index is 12.2. The summed E-state index contributed by atoms with van der Waals surface area (Å²) in [4.78, 5) is 24.4. The highest BCUT2D eigenvalue weighted by Crippen LogP contribution is 2.38. The van der Waals surface area contributed by atoms with Crippen molar-refractivity contribution in [3.8, 4) is 0 Å². The summed E-state index contributed by atoms with van der Waals surface area (Å²) in [6.07, 6.45) is 3.73. The molecule has 0 aromatic carbocycles. The number of carbonyl (C=O) groups is 2. The summed E-state index contributed by atoms with van der Waals surface area (Å²) in [5, 5.41) is 0. The Hall–Kier alpha value is -1.06. The molecule has 0 aliphatic carbocycles. The van der Waals surface area contributed by atoms with Gasteiger partial charge in [0.15, 0.2) is 0 Å². The number of hydrogen-bond acceptors (Lipinski definition) is 4. The molecule has 0 saturated carbocycles. The molecule has 1 unspecified atom stereocenters. The highest BCUT2D eigenvalue weighted by molar-refractivity contribution is 5.80. The molecule has 4 nitrogen and oxygen atoms in total. The summed E-state index contributed by atoms with van der Waals surface area (Å²) < 4.78 is 10.6. The number of unbranched alkanes of at least 4 members (excludes halogenated alkanes) is 1. The van der Waals surface area contributed by atoms with E-state index < -0.39 is 10.8 Å². The second-order valence-corrected chi connectivity index (χ2v) is 6.60. The summed E-state index contributed by atoms with van der Waals surface area (Å²) in [5.74, 6) is -0.458. The van der Waals surface area contributed by atoms with Gasteiger partial charge in [0, 0.05) is 0 Å². The van der Waals surface area contributed by atoms with Gasteiger partial charge in [-0.1, -0.05) is 27.2 Å². The Morgan fingerprint density at radius 3 is 1.90 bits per heavy atom. The van der Waals surface area contributed by atoms with E-state index in [1.54, 1.807) is 0 Å². The van der Waals surface area contributed by atoms with Gasteiger partial charge in [0.25, 0.3) is 0 Å². The topological polar surface area (TPSA) is 52.6 Å². The molecular formula is C17H32O4. The molecule has 0 heterocycles. The summed E-state index contributed by atoms with van der Waals surface area (Å²) in [7, 11) is 0. The van der Waals surface area contributed by atoms with Crippen molar-refractivity contribution in [1.29, 1.82) is 0 Å². The number of rotatable bonds is 10. The largest absolute Gasteiger partial charge is 0.465 e. The molecule has 0 aromatic rings. The molecule has 0 N–H and O–H groups in total. The third-order valence-electron chi connectivity index (χ3n) is 3.83. The minimum Gasteiger partial charge on any atom is -0.465 e. The zero-order valence-corrected chi connectivity index (χ0v) is 14.6. The van der Waals surface area contributed by atoms with Gasteiger partial charge < -0.3 is 9.47 Å². The highest BCUT2D eigenvalue weighted by atomic mass is 16.5. The van der Waals surface area contributed by atoms with E-state index in [2.05, 4.69) is 6.92 Å². The van der Waals surface area contributed by atoms with Crippen molar-refractivity contribution in [3.63, 3.8) is 0 Å². The van der Waals surface area contributed by atoms with Crippen molar-refractivity contribution < 1.29 is 19.1 Å². The van der Waals surface area contributed by atoms with Gasteiger partial charge in [-0.15, -0.1) is 0 Å². The Morgan fingerprint density at radius 2 is 1.43 bits per heavy atom. The van der Waals surface area contributed by atoms with Crippen molar-refractivity contribution in [2.75, 3.05) is 13.2 Å². The molecule has 21 heavy (non-hydrogen) atoms. The first kappa shape index (κ1) is 19.9. The lowest BCUT2D eigenvalue weighted by Gasteiger charge is -2.33. The first-order valence-electron chi connectivity index (χ1n) is 8.08. The smallest absolute Gasteiger partial charge is 0.311 e. The molecule has 1 atom stereocenters. The fraction of sp³-hybridized carbons (Fsp3) is 0.882. The predicted molar refractivity (Wildman–Crippen MR) is 83.9 cm³/mol. The average Bonchev–Trinajstić information content (AvgIpc) is 2.44. The van der Waals surface area contributed by atoms with Crippen LogP contribution in [0.15, 0.2) is 0 Å². The fourth-order valence-electron chi connectivity index (χ4n) is 2.26. The normalized spacial score (nSPS) is 14.4. The van der Waals surface area contributed by atoms with Crippen molar-refractivity contribution in [2.45, 2.75) is 73.6 Å². The molecule has 4 heteroatoms. The Balaban J connectivity index is 4.75. The van der Waals surface area contributed by atoms with Gasteiger partial charge in [-0.05, 0) is 46.5 Å². The zero-order valence-electron chi connectivity index (χ0n) is 14.6. The molecule has 0 aliphatic heterocycles. The number of carbonyl (C=O) groups excluding carboxylic acids is 2. The minimum absolute atomic E-state index is 0.221. The molecule has 0 rings (SSSR count). The van der Waals surface area contributed by atoms with Crippen LogP contribution in [0.4, 0.5) is 0 Å².